The van der Waals surface area contributed by atoms with Crippen molar-refractivity contribution < 1.29 is 4.74 Å². The summed E-state index contributed by atoms with van der Waals surface area (Å²) in [6.07, 6.45) is 3.41. The van der Waals surface area contributed by atoms with Gasteiger partial charge in [0, 0.05) is 23.1 Å². The molecule has 3 nitrogen and oxygen atoms in total. The zero-order valence-corrected chi connectivity index (χ0v) is 11.8. The minimum absolute atomic E-state index is 0.615. The molecule has 1 aliphatic rings. The van der Waals surface area contributed by atoms with Crippen LogP contribution in [0.3, 0.4) is 0 Å². The van der Waals surface area contributed by atoms with Gasteiger partial charge in [-0.15, -0.1) is 0 Å². The highest BCUT2D eigenvalue weighted by Crippen LogP contribution is 2.37. The molecule has 3 rings (SSSR count). The van der Waals surface area contributed by atoms with Gasteiger partial charge >= 0.3 is 0 Å². The van der Waals surface area contributed by atoms with Crippen LogP contribution < -0.4 is 10.5 Å². The molecule has 1 unspecified atom stereocenters. The Hall–Kier alpha value is -1.48. The van der Waals surface area contributed by atoms with Gasteiger partial charge < -0.3 is 15.0 Å². The Morgan fingerprint density at radius 2 is 2.21 bits per heavy atom. The Morgan fingerprint density at radius 3 is 2.89 bits per heavy atom. The molecule has 0 saturated carbocycles. The standard InChI is InChI=1S/C16H22N2O/c1-3-6-18-15-5-4-12(19-2)9-14(15)13-7-11(10-17)8-16(13)18/h4-5,9,11H,3,6-8,10,17H2,1-2H3. The lowest BCUT2D eigenvalue weighted by Crippen LogP contribution is -2.15. The molecular formula is C16H22N2O. The minimum atomic E-state index is 0.615. The monoisotopic (exact) mass is 258 g/mol. The van der Waals surface area contributed by atoms with E-state index in [1.165, 1.54) is 22.2 Å². The van der Waals surface area contributed by atoms with E-state index in [0.29, 0.717) is 5.92 Å². The molecule has 102 valence electrons. The van der Waals surface area contributed by atoms with Crippen LogP contribution in [0.25, 0.3) is 10.9 Å². The van der Waals surface area contributed by atoms with Crippen LogP contribution in [0.15, 0.2) is 18.2 Å². The molecule has 19 heavy (non-hydrogen) atoms. The number of methoxy groups -OCH3 is 1. The molecule has 1 aliphatic carbocycles. The van der Waals surface area contributed by atoms with Crippen LogP contribution in [0.1, 0.15) is 24.6 Å². The van der Waals surface area contributed by atoms with E-state index in [0.717, 1.165) is 38.1 Å². The van der Waals surface area contributed by atoms with Gasteiger partial charge in [-0.25, -0.2) is 0 Å². The predicted molar refractivity (Wildman–Crippen MR) is 78.7 cm³/mol. The van der Waals surface area contributed by atoms with Crippen LogP contribution in [0.2, 0.25) is 0 Å². The third kappa shape index (κ3) is 1.93. The Morgan fingerprint density at radius 1 is 1.37 bits per heavy atom. The summed E-state index contributed by atoms with van der Waals surface area (Å²) in [7, 11) is 1.73. The normalized spacial score (nSPS) is 17.9. The summed E-state index contributed by atoms with van der Waals surface area (Å²) in [6, 6.07) is 6.43. The minimum Gasteiger partial charge on any atom is -0.497 e. The lowest BCUT2D eigenvalue weighted by molar-refractivity contribution is 0.415. The summed E-state index contributed by atoms with van der Waals surface area (Å²) in [5.41, 5.74) is 10.2. The van der Waals surface area contributed by atoms with E-state index in [2.05, 4.69) is 29.7 Å². The van der Waals surface area contributed by atoms with Gasteiger partial charge in [0.15, 0.2) is 0 Å². The molecule has 0 fully saturated rings. The topological polar surface area (TPSA) is 40.2 Å². The van der Waals surface area contributed by atoms with Crippen LogP contribution in [0, 0.1) is 5.92 Å². The highest BCUT2D eigenvalue weighted by Gasteiger charge is 2.27. The van der Waals surface area contributed by atoms with Gasteiger partial charge in [0.05, 0.1) is 7.11 Å². The van der Waals surface area contributed by atoms with E-state index in [1.807, 2.05) is 0 Å². The molecular weight excluding hydrogens is 236 g/mol. The maximum Gasteiger partial charge on any atom is 0.119 e. The van der Waals surface area contributed by atoms with E-state index in [4.69, 9.17) is 10.5 Å². The van der Waals surface area contributed by atoms with Crippen LogP contribution in [-0.2, 0) is 19.4 Å². The van der Waals surface area contributed by atoms with E-state index in [1.54, 1.807) is 7.11 Å². The van der Waals surface area contributed by atoms with Gasteiger partial charge in [-0.2, -0.15) is 0 Å². The Labute approximate surface area is 114 Å². The molecule has 0 amide bonds. The van der Waals surface area contributed by atoms with Crippen molar-refractivity contribution in [2.45, 2.75) is 32.7 Å². The van der Waals surface area contributed by atoms with Crippen LogP contribution in [0.5, 0.6) is 5.75 Å². The summed E-state index contributed by atoms with van der Waals surface area (Å²) >= 11 is 0. The Kier molecular flexibility index (Phi) is 3.23. The van der Waals surface area contributed by atoms with Gasteiger partial charge in [-0.05, 0) is 55.5 Å². The first kappa shape index (κ1) is 12.5. The number of rotatable bonds is 4. The fourth-order valence-electron chi connectivity index (χ4n) is 3.32. The van der Waals surface area contributed by atoms with Gasteiger partial charge in [-0.3, -0.25) is 0 Å². The van der Waals surface area contributed by atoms with Crippen LogP contribution in [0.4, 0.5) is 0 Å². The van der Waals surface area contributed by atoms with Gasteiger partial charge in [0.1, 0.15) is 5.75 Å². The number of ether oxygens (including phenoxy) is 1. The summed E-state index contributed by atoms with van der Waals surface area (Å²) in [5, 5.41) is 1.36. The molecule has 1 heterocycles. The average molecular weight is 258 g/mol. The molecule has 1 aromatic carbocycles. The lowest BCUT2D eigenvalue weighted by atomic mass is 10.1. The van der Waals surface area contributed by atoms with Crippen molar-refractivity contribution in [3.63, 3.8) is 0 Å². The number of hydrogen-bond acceptors (Lipinski definition) is 2. The van der Waals surface area contributed by atoms with Crippen molar-refractivity contribution in [3.8, 4) is 5.75 Å². The van der Waals surface area contributed by atoms with Crippen LogP contribution in [-0.4, -0.2) is 18.2 Å². The summed E-state index contributed by atoms with van der Waals surface area (Å²) in [6.45, 7) is 4.11. The molecule has 1 atom stereocenters. The largest absolute Gasteiger partial charge is 0.497 e. The molecule has 0 bridgehead atoms. The molecule has 0 spiro atoms. The van der Waals surface area contributed by atoms with Gasteiger partial charge in [0.25, 0.3) is 0 Å². The lowest BCUT2D eigenvalue weighted by Gasteiger charge is -2.11. The van der Waals surface area contributed by atoms with E-state index in [-0.39, 0.29) is 0 Å². The number of aryl methyl sites for hydroxylation is 1. The second-order valence-corrected chi connectivity index (χ2v) is 5.47. The SMILES string of the molecule is CCCn1c2c(c3cc(OC)ccc31)CC(CN)C2. The van der Waals surface area contributed by atoms with E-state index < -0.39 is 0 Å². The predicted octanol–water partition coefficient (Wildman–Crippen LogP) is 2.73. The van der Waals surface area contributed by atoms with Crippen molar-refractivity contribution >= 4 is 10.9 Å². The summed E-state index contributed by atoms with van der Waals surface area (Å²) in [5.74, 6) is 1.56. The van der Waals surface area contributed by atoms with Crippen molar-refractivity contribution in [2.75, 3.05) is 13.7 Å². The van der Waals surface area contributed by atoms with Crippen molar-refractivity contribution in [1.29, 1.82) is 0 Å². The van der Waals surface area contributed by atoms with Crippen LogP contribution >= 0.6 is 0 Å². The average Bonchev–Trinajstić information content (AvgIpc) is 2.98. The summed E-state index contributed by atoms with van der Waals surface area (Å²) < 4.78 is 7.86. The molecule has 3 heteroatoms. The number of nitrogens with two attached hydrogens (primary N) is 1. The molecule has 2 N–H and O–H groups in total. The fraction of sp³-hybridized carbons (Fsp3) is 0.500. The molecule has 1 aromatic heterocycles. The number of nitrogens with zero attached hydrogens (tertiary/aromatic N) is 1. The third-order valence-corrected chi connectivity index (χ3v) is 4.25. The maximum atomic E-state index is 5.86. The van der Waals surface area contributed by atoms with E-state index >= 15 is 0 Å². The Balaban J connectivity index is 2.18. The zero-order chi connectivity index (χ0) is 13.4. The number of aromatic nitrogens is 1. The second kappa shape index (κ2) is 4.89. The fourth-order valence-corrected chi connectivity index (χ4v) is 3.32. The maximum absolute atomic E-state index is 5.86. The van der Waals surface area contributed by atoms with Crippen molar-refractivity contribution in [2.24, 2.45) is 11.7 Å². The number of benzene rings is 1. The first-order valence-electron chi connectivity index (χ1n) is 7.16. The first-order valence-corrected chi connectivity index (χ1v) is 7.16. The molecule has 2 aromatic rings. The van der Waals surface area contributed by atoms with Gasteiger partial charge in [-0.1, -0.05) is 6.92 Å². The highest BCUT2D eigenvalue weighted by molar-refractivity contribution is 5.87. The highest BCUT2D eigenvalue weighted by atomic mass is 16.5. The summed E-state index contributed by atoms with van der Waals surface area (Å²) in [4.78, 5) is 0. The second-order valence-electron chi connectivity index (χ2n) is 5.47. The first-order chi connectivity index (χ1) is 9.28. The Bertz CT molecular complexity index is 600. The zero-order valence-electron chi connectivity index (χ0n) is 11.8. The van der Waals surface area contributed by atoms with Crippen molar-refractivity contribution in [1.82, 2.24) is 4.57 Å². The van der Waals surface area contributed by atoms with Crippen molar-refractivity contribution in [3.05, 3.63) is 29.5 Å². The van der Waals surface area contributed by atoms with E-state index in [9.17, 15) is 0 Å². The molecule has 0 aliphatic heterocycles. The third-order valence-electron chi connectivity index (χ3n) is 4.25. The quantitative estimate of drug-likeness (QED) is 0.916. The number of fused-ring (bicyclic) bond motifs is 3. The molecule has 0 radical (unpaired) electrons. The number of hydrogen-bond donors (Lipinski definition) is 1. The van der Waals surface area contributed by atoms with Gasteiger partial charge in [0.2, 0.25) is 0 Å². The smallest absolute Gasteiger partial charge is 0.119 e. The molecule has 0 saturated heterocycles.